The van der Waals surface area contributed by atoms with Gasteiger partial charge < -0.3 is 0 Å². The summed E-state index contributed by atoms with van der Waals surface area (Å²) in [5.41, 5.74) is -2.36. The Kier molecular flexibility index (Phi) is 3.34. The molecule has 0 radical (unpaired) electrons. The Hall–Kier alpha value is -1.50. The van der Waals surface area contributed by atoms with Gasteiger partial charge in [0.2, 0.25) is 0 Å². The quantitative estimate of drug-likeness (QED) is 0.614. The third-order valence-corrected chi connectivity index (χ3v) is 3.13. The lowest BCUT2D eigenvalue weighted by atomic mass is 10.0. The zero-order valence-corrected chi connectivity index (χ0v) is 9.96. The fourth-order valence-corrected chi connectivity index (χ4v) is 2.22. The predicted octanol–water partition coefficient (Wildman–Crippen LogP) is 5.45. The van der Waals surface area contributed by atoms with Crippen LogP contribution in [0.3, 0.4) is 0 Å². The molecule has 0 aliphatic carbocycles. The van der Waals surface area contributed by atoms with E-state index < -0.39 is 23.5 Å². The van der Waals surface area contributed by atoms with Crippen LogP contribution < -0.4 is 0 Å². The molecule has 2 aromatic rings. The first kappa shape index (κ1) is 13.9. The van der Waals surface area contributed by atoms with Gasteiger partial charge >= 0.3 is 12.4 Å². The summed E-state index contributed by atoms with van der Waals surface area (Å²) in [6.45, 7) is 0. The number of benzene rings is 1. The molecular weight excluding hydrogens is 290 g/mol. The predicted molar refractivity (Wildman–Crippen MR) is 59.8 cm³/mol. The average Bonchev–Trinajstić information content (AvgIpc) is 2.79. The molecule has 1 aromatic heterocycles. The zero-order chi connectivity index (χ0) is 14.3. The molecule has 1 aromatic carbocycles. The highest BCUT2D eigenvalue weighted by atomic mass is 32.1. The Morgan fingerprint density at radius 3 is 1.63 bits per heavy atom. The van der Waals surface area contributed by atoms with E-state index in [4.69, 9.17) is 0 Å². The Morgan fingerprint density at radius 2 is 1.26 bits per heavy atom. The second-order valence-electron chi connectivity index (χ2n) is 3.81. The second-order valence-corrected chi connectivity index (χ2v) is 4.59. The summed E-state index contributed by atoms with van der Waals surface area (Å²) in [7, 11) is 0. The van der Waals surface area contributed by atoms with Crippen molar-refractivity contribution < 1.29 is 26.3 Å². The smallest absolute Gasteiger partial charge is 0.166 e. The van der Waals surface area contributed by atoms with Gasteiger partial charge in [0.05, 0.1) is 11.1 Å². The van der Waals surface area contributed by atoms with Crippen LogP contribution in [0.25, 0.3) is 11.1 Å². The van der Waals surface area contributed by atoms with E-state index in [1.54, 1.807) is 5.38 Å². The molecule has 0 saturated heterocycles. The Morgan fingerprint density at radius 1 is 0.737 bits per heavy atom. The number of halogens is 6. The molecule has 0 spiro atoms. The van der Waals surface area contributed by atoms with E-state index in [1.807, 2.05) is 0 Å². The van der Waals surface area contributed by atoms with Gasteiger partial charge in [0.25, 0.3) is 0 Å². The van der Waals surface area contributed by atoms with Crippen LogP contribution in [0, 0.1) is 0 Å². The van der Waals surface area contributed by atoms with E-state index in [0.29, 0.717) is 5.56 Å². The Bertz CT molecular complexity index is 533. The van der Waals surface area contributed by atoms with Crippen LogP contribution in [-0.2, 0) is 12.4 Å². The van der Waals surface area contributed by atoms with Crippen molar-refractivity contribution in [2.75, 3.05) is 0 Å². The van der Waals surface area contributed by atoms with E-state index in [-0.39, 0.29) is 11.6 Å². The maximum absolute atomic E-state index is 12.6. The van der Waals surface area contributed by atoms with Crippen molar-refractivity contribution in [3.05, 3.63) is 46.2 Å². The van der Waals surface area contributed by atoms with Gasteiger partial charge in [0, 0.05) is 0 Å². The summed E-state index contributed by atoms with van der Waals surface area (Å²) < 4.78 is 75.7. The van der Waals surface area contributed by atoms with Crippen LogP contribution in [0.15, 0.2) is 35.0 Å². The molecule has 0 aliphatic rings. The van der Waals surface area contributed by atoms with Crippen LogP contribution in [0.4, 0.5) is 26.3 Å². The van der Waals surface area contributed by atoms with Crippen LogP contribution in [-0.4, -0.2) is 0 Å². The SMILES string of the molecule is FC(F)(F)c1cc(-c2ccsc2)cc(C(F)(F)F)c1. The molecule has 0 unspecified atom stereocenters. The number of hydrogen-bond acceptors (Lipinski definition) is 1. The van der Waals surface area contributed by atoms with E-state index in [2.05, 4.69) is 0 Å². The maximum atomic E-state index is 12.6. The standard InChI is InChI=1S/C12H6F6S/c13-11(14,15)9-3-8(7-1-2-19-6-7)4-10(5-9)12(16,17)18/h1-6H. The monoisotopic (exact) mass is 296 g/mol. The minimum atomic E-state index is -4.81. The second kappa shape index (κ2) is 4.56. The number of hydrogen-bond donors (Lipinski definition) is 0. The first-order valence-electron chi connectivity index (χ1n) is 5.00. The van der Waals surface area contributed by atoms with E-state index in [9.17, 15) is 26.3 Å². The topological polar surface area (TPSA) is 0 Å². The maximum Gasteiger partial charge on any atom is 0.416 e. The normalized spacial score (nSPS) is 12.7. The summed E-state index contributed by atoms with van der Waals surface area (Å²) >= 11 is 1.20. The van der Waals surface area contributed by atoms with Gasteiger partial charge in [0.15, 0.2) is 0 Å². The van der Waals surface area contributed by atoms with Gasteiger partial charge in [-0.05, 0) is 46.2 Å². The molecule has 102 valence electrons. The molecule has 0 atom stereocenters. The highest BCUT2D eigenvalue weighted by Crippen LogP contribution is 2.38. The van der Waals surface area contributed by atoms with Crippen molar-refractivity contribution in [2.24, 2.45) is 0 Å². The summed E-state index contributed by atoms with van der Waals surface area (Å²) in [4.78, 5) is 0. The van der Waals surface area contributed by atoms with Crippen molar-refractivity contribution >= 4 is 11.3 Å². The van der Waals surface area contributed by atoms with Gasteiger partial charge in [-0.3, -0.25) is 0 Å². The van der Waals surface area contributed by atoms with Crippen LogP contribution in [0.5, 0.6) is 0 Å². The molecule has 0 aliphatic heterocycles. The highest BCUT2D eigenvalue weighted by Gasteiger charge is 2.36. The van der Waals surface area contributed by atoms with Gasteiger partial charge in [-0.15, -0.1) is 0 Å². The van der Waals surface area contributed by atoms with Gasteiger partial charge in [-0.1, -0.05) is 0 Å². The molecular formula is C12H6F6S. The first-order chi connectivity index (χ1) is 8.68. The highest BCUT2D eigenvalue weighted by molar-refractivity contribution is 7.08. The number of rotatable bonds is 1. The van der Waals surface area contributed by atoms with Crippen LogP contribution in [0.1, 0.15) is 11.1 Å². The molecule has 0 N–H and O–H groups in total. The van der Waals surface area contributed by atoms with Gasteiger partial charge in [-0.25, -0.2) is 0 Å². The van der Waals surface area contributed by atoms with Crippen LogP contribution in [0.2, 0.25) is 0 Å². The van der Waals surface area contributed by atoms with Crippen molar-refractivity contribution in [1.82, 2.24) is 0 Å². The molecule has 0 fully saturated rings. The number of thiophene rings is 1. The van der Waals surface area contributed by atoms with Gasteiger partial charge in [-0.2, -0.15) is 37.7 Å². The Labute approximate surface area is 108 Å². The molecule has 7 heteroatoms. The first-order valence-corrected chi connectivity index (χ1v) is 5.94. The van der Waals surface area contributed by atoms with Crippen molar-refractivity contribution in [3.63, 3.8) is 0 Å². The summed E-state index contributed by atoms with van der Waals surface area (Å²) in [5, 5.41) is 3.08. The van der Waals surface area contributed by atoms with Crippen LogP contribution >= 0.6 is 11.3 Å². The molecule has 0 nitrogen and oxygen atoms in total. The van der Waals surface area contributed by atoms with E-state index >= 15 is 0 Å². The summed E-state index contributed by atoms with van der Waals surface area (Å²) in [6, 6.07) is 3.03. The number of alkyl halides is 6. The largest absolute Gasteiger partial charge is 0.416 e. The lowest BCUT2D eigenvalue weighted by Crippen LogP contribution is -2.10. The lowest BCUT2D eigenvalue weighted by molar-refractivity contribution is -0.143. The summed E-state index contributed by atoms with van der Waals surface area (Å²) in [6.07, 6.45) is -9.63. The fraction of sp³-hybridized carbons (Fsp3) is 0.167. The zero-order valence-electron chi connectivity index (χ0n) is 9.14. The van der Waals surface area contributed by atoms with Gasteiger partial charge in [0.1, 0.15) is 0 Å². The minimum Gasteiger partial charge on any atom is -0.166 e. The van der Waals surface area contributed by atoms with Crippen molar-refractivity contribution in [2.45, 2.75) is 12.4 Å². The van der Waals surface area contributed by atoms with Crippen molar-refractivity contribution in [1.29, 1.82) is 0 Å². The molecule has 0 saturated carbocycles. The van der Waals surface area contributed by atoms with Crippen molar-refractivity contribution in [3.8, 4) is 11.1 Å². The van der Waals surface area contributed by atoms with E-state index in [0.717, 1.165) is 12.1 Å². The molecule has 0 amide bonds. The van der Waals surface area contributed by atoms with E-state index in [1.165, 1.54) is 22.8 Å². The molecule has 0 bridgehead atoms. The lowest BCUT2D eigenvalue weighted by Gasteiger charge is -2.13. The minimum absolute atomic E-state index is 0.0941. The Balaban J connectivity index is 2.62. The molecule has 2 rings (SSSR count). The third kappa shape index (κ3) is 3.09. The molecule has 19 heavy (non-hydrogen) atoms. The fourth-order valence-electron chi connectivity index (χ4n) is 1.55. The molecule has 1 heterocycles. The third-order valence-electron chi connectivity index (χ3n) is 2.44. The average molecular weight is 296 g/mol. The summed E-state index contributed by atoms with van der Waals surface area (Å²) in [5.74, 6) is 0.